The van der Waals surface area contributed by atoms with Crippen molar-refractivity contribution in [3.63, 3.8) is 0 Å². The molecular formula is C23H33N5O9. The van der Waals surface area contributed by atoms with Crippen LogP contribution in [-0.4, -0.2) is 81.2 Å². The fourth-order valence-corrected chi connectivity index (χ4v) is 3.21. The number of carboxylic acid groups (broad SMARTS) is 2. The molecule has 0 radical (unpaired) electrons. The van der Waals surface area contributed by atoms with Crippen molar-refractivity contribution in [1.82, 2.24) is 16.0 Å². The Balaban J connectivity index is 2.97. The van der Waals surface area contributed by atoms with E-state index < -0.39 is 72.3 Å². The first-order chi connectivity index (χ1) is 17.3. The molecule has 204 valence electrons. The summed E-state index contributed by atoms with van der Waals surface area (Å²) in [6.45, 7) is 1.18. The van der Waals surface area contributed by atoms with Crippen LogP contribution in [0.25, 0.3) is 0 Å². The summed E-state index contributed by atoms with van der Waals surface area (Å²) in [4.78, 5) is 71.6. The molecule has 5 atom stereocenters. The van der Waals surface area contributed by atoms with Crippen LogP contribution in [0.1, 0.15) is 38.2 Å². The molecule has 0 spiro atoms. The summed E-state index contributed by atoms with van der Waals surface area (Å²) in [6, 6.07) is 2.77. The molecule has 0 fully saturated rings. The molecule has 0 aliphatic rings. The number of amides is 4. The number of primary amides is 1. The van der Waals surface area contributed by atoms with Gasteiger partial charge in [0, 0.05) is 19.3 Å². The van der Waals surface area contributed by atoms with Gasteiger partial charge in [0.2, 0.25) is 23.6 Å². The lowest BCUT2D eigenvalue weighted by Crippen LogP contribution is -2.60. The lowest BCUT2D eigenvalue weighted by Gasteiger charge is -2.26. The predicted molar refractivity (Wildman–Crippen MR) is 129 cm³/mol. The van der Waals surface area contributed by atoms with Crippen molar-refractivity contribution in [3.8, 4) is 0 Å². The molecule has 37 heavy (non-hydrogen) atoms. The van der Waals surface area contributed by atoms with E-state index in [0.717, 1.165) is 0 Å². The van der Waals surface area contributed by atoms with Gasteiger partial charge in [0.25, 0.3) is 0 Å². The highest BCUT2D eigenvalue weighted by atomic mass is 16.4. The van der Waals surface area contributed by atoms with Crippen molar-refractivity contribution in [1.29, 1.82) is 0 Å². The molecule has 14 heteroatoms. The average molecular weight is 524 g/mol. The number of hydrogen-bond donors (Lipinski definition) is 8. The van der Waals surface area contributed by atoms with Gasteiger partial charge >= 0.3 is 11.9 Å². The number of carbonyl (C=O) groups excluding carboxylic acids is 4. The van der Waals surface area contributed by atoms with Crippen LogP contribution in [0.15, 0.2) is 30.3 Å². The van der Waals surface area contributed by atoms with E-state index in [1.807, 2.05) is 0 Å². The highest BCUT2D eigenvalue weighted by molar-refractivity contribution is 5.94. The zero-order valence-corrected chi connectivity index (χ0v) is 20.3. The van der Waals surface area contributed by atoms with E-state index in [9.17, 15) is 39.0 Å². The molecule has 0 saturated heterocycles. The Bertz CT molecular complexity index is 971. The first-order valence-corrected chi connectivity index (χ1v) is 11.4. The molecule has 0 aromatic heterocycles. The number of benzene rings is 1. The van der Waals surface area contributed by atoms with E-state index in [1.54, 1.807) is 30.3 Å². The van der Waals surface area contributed by atoms with Crippen molar-refractivity contribution in [2.24, 2.45) is 11.5 Å². The van der Waals surface area contributed by atoms with E-state index in [1.165, 1.54) is 6.92 Å². The molecule has 0 aliphatic heterocycles. The van der Waals surface area contributed by atoms with E-state index in [-0.39, 0.29) is 25.7 Å². The third-order valence-corrected chi connectivity index (χ3v) is 5.28. The van der Waals surface area contributed by atoms with Gasteiger partial charge in [-0.3, -0.25) is 24.0 Å². The van der Waals surface area contributed by atoms with Crippen molar-refractivity contribution < 1.29 is 44.1 Å². The Morgan fingerprint density at radius 3 is 1.95 bits per heavy atom. The summed E-state index contributed by atoms with van der Waals surface area (Å²) < 4.78 is 0. The summed E-state index contributed by atoms with van der Waals surface area (Å²) in [5.41, 5.74) is 11.3. The fraction of sp³-hybridized carbons (Fsp3) is 0.478. The van der Waals surface area contributed by atoms with Crippen LogP contribution in [0.5, 0.6) is 0 Å². The second-order valence-electron chi connectivity index (χ2n) is 8.42. The number of aliphatic hydroxyl groups is 1. The minimum Gasteiger partial charge on any atom is -0.481 e. The Hall–Kier alpha value is -4.04. The molecule has 0 heterocycles. The van der Waals surface area contributed by atoms with Gasteiger partial charge in [-0.1, -0.05) is 30.3 Å². The number of nitrogens with two attached hydrogens (primary N) is 2. The molecule has 14 nitrogen and oxygen atoms in total. The molecule has 10 N–H and O–H groups in total. The number of carbonyl (C=O) groups is 6. The first-order valence-electron chi connectivity index (χ1n) is 11.4. The minimum absolute atomic E-state index is 0.0666. The highest BCUT2D eigenvalue weighted by Crippen LogP contribution is 2.06. The molecule has 4 amide bonds. The maximum Gasteiger partial charge on any atom is 0.326 e. The lowest BCUT2D eigenvalue weighted by atomic mass is 10.0. The molecule has 0 saturated carbocycles. The Morgan fingerprint density at radius 1 is 0.838 bits per heavy atom. The third kappa shape index (κ3) is 11.5. The Kier molecular flexibility index (Phi) is 12.7. The summed E-state index contributed by atoms with van der Waals surface area (Å²) in [5, 5.41) is 35.4. The normalized spacial score (nSPS) is 14.8. The van der Waals surface area contributed by atoms with Gasteiger partial charge in [-0.05, 0) is 25.3 Å². The number of aliphatic hydroxyl groups excluding tert-OH is 1. The topological polar surface area (TPSA) is 251 Å². The lowest BCUT2D eigenvalue weighted by molar-refractivity contribution is -0.143. The van der Waals surface area contributed by atoms with Gasteiger partial charge in [-0.2, -0.15) is 0 Å². The molecule has 1 rings (SSSR count). The van der Waals surface area contributed by atoms with Gasteiger partial charge in [-0.15, -0.1) is 0 Å². The van der Waals surface area contributed by atoms with Crippen LogP contribution in [0.4, 0.5) is 0 Å². The molecule has 5 unspecified atom stereocenters. The molecule has 1 aromatic carbocycles. The van der Waals surface area contributed by atoms with Crippen molar-refractivity contribution in [2.75, 3.05) is 0 Å². The number of hydrogen-bond acceptors (Lipinski definition) is 8. The fourth-order valence-electron chi connectivity index (χ4n) is 3.21. The van der Waals surface area contributed by atoms with E-state index in [0.29, 0.717) is 5.56 Å². The summed E-state index contributed by atoms with van der Waals surface area (Å²) in [6.07, 6.45) is -2.77. The van der Waals surface area contributed by atoms with Crippen LogP contribution in [0.3, 0.4) is 0 Å². The van der Waals surface area contributed by atoms with E-state index in [2.05, 4.69) is 16.0 Å². The number of nitrogens with one attached hydrogen (secondary N) is 3. The molecule has 1 aromatic rings. The van der Waals surface area contributed by atoms with Crippen LogP contribution in [0, 0.1) is 0 Å². The van der Waals surface area contributed by atoms with Crippen LogP contribution >= 0.6 is 0 Å². The first kappa shape index (κ1) is 31.0. The maximum atomic E-state index is 12.9. The standard InChI is InChI=1S/C23H33N5O9/c1-12(29)19(22(35)27-16(23(36)37)11-13-5-3-2-4-6-13)28-21(34)15(8-10-18(31)32)26-20(33)14(24)7-9-17(25)30/h2-6,12,14-16,19,29H,7-11,24H2,1H3,(H2,25,30)(H,26,33)(H,27,35)(H,28,34)(H,31,32)(H,36,37). The average Bonchev–Trinajstić information content (AvgIpc) is 2.82. The Labute approximate surface area is 212 Å². The second-order valence-corrected chi connectivity index (χ2v) is 8.42. The van der Waals surface area contributed by atoms with Gasteiger partial charge in [0.15, 0.2) is 0 Å². The quantitative estimate of drug-likeness (QED) is 0.114. The van der Waals surface area contributed by atoms with E-state index >= 15 is 0 Å². The highest BCUT2D eigenvalue weighted by Gasteiger charge is 2.33. The third-order valence-electron chi connectivity index (χ3n) is 5.28. The largest absolute Gasteiger partial charge is 0.481 e. The SMILES string of the molecule is CC(O)C(NC(=O)C(CCC(=O)O)NC(=O)C(N)CCC(N)=O)C(=O)NC(Cc1ccccc1)C(=O)O. The van der Waals surface area contributed by atoms with Crippen molar-refractivity contribution in [2.45, 2.75) is 69.3 Å². The number of carboxylic acids is 2. The van der Waals surface area contributed by atoms with Crippen molar-refractivity contribution >= 4 is 35.6 Å². The number of aliphatic carboxylic acids is 2. The van der Waals surface area contributed by atoms with E-state index in [4.69, 9.17) is 16.6 Å². The monoisotopic (exact) mass is 523 g/mol. The second kappa shape index (κ2) is 15.2. The zero-order chi connectivity index (χ0) is 28.1. The predicted octanol–water partition coefficient (Wildman–Crippen LogP) is -2.39. The van der Waals surface area contributed by atoms with Gasteiger partial charge in [0.1, 0.15) is 18.1 Å². The van der Waals surface area contributed by atoms with Gasteiger partial charge in [0.05, 0.1) is 12.1 Å². The van der Waals surface area contributed by atoms with Crippen LogP contribution in [-0.2, 0) is 35.2 Å². The summed E-state index contributed by atoms with van der Waals surface area (Å²) in [5.74, 6) is -6.18. The van der Waals surface area contributed by atoms with Crippen LogP contribution in [0.2, 0.25) is 0 Å². The molecule has 0 bridgehead atoms. The molecule has 0 aliphatic carbocycles. The smallest absolute Gasteiger partial charge is 0.326 e. The zero-order valence-electron chi connectivity index (χ0n) is 20.3. The van der Waals surface area contributed by atoms with Crippen LogP contribution < -0.4 is 27.4 Å². The number of rotatable bonds is 16. The minimum atomic E-state index is -1.63. The summed E-state index contributed by atoms with van der Waals surface area (Å²) >= 11 is 0. The van der Waals surface area contributed by atoms with Gasteiger partial charge in [-0.25, -0.2) is 4.79 Å². The Morgan fingerprint density at radius 2 is 1.43 bits per heavy atom. The maximum absolute atomic E-state index is 12.9. The van der Waals surface area contributed by atoms with Gasteiger partial charge < -0.3 is 42.7 Å². The summed E-state index contributed by atoms with van der Waals surface area (Å²) in [7, 11) is 0. The molecular weight excluding hydrogens is 490 g/mol. The van der Waals surface area contributed by atoms with Crippen molar-refractivity contribution in [3.05, 3.63) is 35.9 Å².